The van der Waals surface area contributed by atoms with E-state index in [4.69, 9.17) is 28.2 Å². The first kappa shape index (κ1) is 21.3. The second-order valence-corrected chi connectivity index (χ2v) is 9.13. The van der Waals surface area contributed by atoms with Gasteiger partial charge < -0.3 is 15.3 Å². The van der Waals surface area contributed by atoms with Gasteiger partial charge in [0, 0.05) is 19.2 Å². The number of benzene rings is 1. The lowest BCUT2D eigenvalue weighted by Crippen LogP contribution is -2.44. The summed E-state index contributed by atoms with van der Waals surface area (Å²) >= 11 is 12.1. The molecule has 6 nitrogen and oxygen atoms in total. The van der Waals surface area contributed by atoms with E-state index in [1.165, 1.54) is 0 Å². The Morgan fingerprint density at radius 3 is 2.90 bits per heavy atom. The Morgan fingerprint density at radius 2 is 2.17 bits per heavy atom. The predicted molar refractivity (Wildman–Crippen MR) is 117 cm³/mol. The average Bonchev–Trinajstić information content (AvgIpc) is 3.13. The van der Waals surface area contributed by atoms with Crippen molar-refractivity contribution >= 4 is 29.2 Å². The molecule has 1 aliphatic heterocycles. The molecule has 1 saturated carbocycles. The number of aliphatic hydroxyl groups is 1. The first-order valence-corrected chi connectivity index (χ1v) is 11.2. The van der Waals surface area contributed by atoms with Crippen LogP contribution in [0.25, 0.3) is 0 Å². The number of hydrogen-bond acceptors (Lipinski definition) is 4. The van der Waals surface area contributed by atoms with Crippen LogP contribution in [0, 0.1) is 5.92 Å². The largest absolute Gasteiger partial charge is 0.393 e. The van der Waals surface area contributed by atoms with Gasteiger partial charge in [-0.1, -0.05) is 29.3 Å². The topological polar surface area (TPSA) is 78.4 Å². The fourth-order valence-electron chi connectivity index (χ4n) is 4.25. The summed E-state index contributed by atoms with van der Waals surface area (Å²) in [7, 11) is 0. The molecule has 2 amide bonds. The number of carbonyl (C=O) groups is 1. The highest BCUT2D eigenvalue weighted by molar-refractivity contribution is 6.42. The Morgan fingerprint density at radius 1 is 1.33 bits per heavy atom. The molecule has 0 radical (unpaired) electrons. The van der Waals surface area contributed by atoms with E-state index in [1.807, 2.05) is 19.2 Å². The van der Waals surface area contributed by atoms with Crippen LogP contribution in [0.4, 0.5) is 4.79 Å². The summed E-state index contributed by atoms with van der Waals surface area (Å²) in [5.41, 5.74) is 2.92. The molecular weight excluding hydrogens is 423 g/mol. The SMILES string of the molecule is C[C@@H](NC(=O)N1CCc2cnc(C[C@H]3CC[C@H](O)C3)nc2C1)c1ccc(Cl)c(Cl)c1. The third kappa shape index (κ3) is 4.88. The van der Waals surface area contributed by atoms with E-state index in [2.05, 4.69) is 10.3 Å². The Balaban J connectivity index is 1.39. The number of fused-ring (bicyclic) bond motifs is 1. The molecule has 3 atom stereocenters. The Hall–Kier alpha value is -1.89. The summed E-state index contributed by atoms with van der Waals surface area (Å²) in [5.74, 6) is 1.24. The van der Waals surface area contributed by atoms with Gasteiger partial charge in [0.2, 0.25) is 0 Å². The van der Waals surface area contributed by atoms with E-state index in [9.17, 15) is 9.90 Å². The lowest BCUT2D eigenvalue weighted by molar-refractivity contribution is 0.177. The van der Waals surface area contributed by atoms with E-state index >= 15 is 0 Å². The molecule has 1 aromatic heterocycles. The van der Waals surface area contributed by atoms with E-state index in [0.717, 1.165) is 54.7 Å². The van der Waals surface area contributed by atoms with Gasteiger partial charge in [-0.25, -0.2) is 14.8 Å². The molecule has 1 fully saturated rings. The Bertz CT molecular complexity index is 939. The summed E-state index contributed by atoms with van der Waals surface area (Å²) < 4.78 is 0. The van der Waals surface area contributed by atoms with Crippen molar-refractivity contribution in [2.45, 2.75) is 57.7 Å². The number of nitrogens with zero attached hydrogens (tertiary/aromatic N) is 3. The van der Waals surface area contributed by atoms with Gasteiger partial charge in [-0.05, 0) is 61.8 Å². The maximum atomic E-state index is 12.8. The van der Waals surface area contributed by atoms with Crippen LogP contribution in [0.1, 0.15) is 54.9 Å². The zero-order chi connectivity index (χ0) is 21.3. The van der Waals surface area contributed by atoms with Gasteiger partial charge in [0.15, 0.2) is 0 Å². The molecule has 0 bridgehead atoms. The van der Waals surface area contributed by atoms with Gasteiger partial charge in [0.1, 0.15) is 5.82 Å². The molecule has 1 aromatic carbocycles. The highest BCUT2D eigenvalue weighted by Gasteiger charge is 2.26. The standard InChI is InChI=1S/C22H26Cl2N4O2/c1-13(15-3-5-18(23)19(24)10-15)26-22(30)28-7-6-16-11-25-21(27-20(16)12-28)9-14-2-4-17(29)8-14/h3,5,10-11,13-14,17,29H,2,4,6-9,12H2,1H3,(H,26,30)/t13-,14+,17+/m1/s1. The average molecular weight is 449 g/mol. The monoisotopic (exact) mass is 448 g/mol. The second-order valence-electron chi connectivity index (χ2n) is 8.31. The number of aliphatic hydroxyl groups excluding tert-OH is 1. The fraction of sp³-hybridized carbons (Fsp3) is 0.500. The lowest BCUT2D eigenvalue weighted by Gasteiger charge is -2.29. The molecule has 0 saturated heterocycles. The lowest BCUT2D eigenvalue weighted by atomic mass is 10.0. The van der Waals surface area contributed by atoms with Crippen molar-refractivity contribution in [1.82, 2.24) is 20.2 Å². The number of carbonyl (C=O) groups excluding carboxylic acids is 1. The molecule has 8 heteroatoms. The van der Waals surface area contributed by atoms with Gasteiger partial charge in [0.25, 0.3) is 0 Å². The zero-order valence-electron chi connectivity index (χ0n) is 16.9. The van der Waals surface area contributed by atoms with Crippen molar-refractivity contribution < 1.29 is 9.90 Å². The highest BCUT2D eigenvalue weighted by atomic mass is 35.5. The predicted octanol–water partition coefficient (Wildman–Crippen LogP) is 4.32. The minimum atomic E-state index is -0.191. The molecule has 2 heterocycles. The van der Waals surface area contributed by atoms with Crippen LogP contribution >= 0.6 is 23.2 Å². The van der Waals surface area contributed by atoms with Crippen molar-refractivity contribution in [2.75, 3.05) is 6.54 Å². The first-order chi connectivity index (χ1) is 14.4. The number of nitrogens with one attached hydrogen (secondary N) is 1. The minimum absolute atomic E-state index is 0.127. The van der Waals surface area contributed by atoms with Crippen molar-refractivity contribution in [3.8, 4) is 0 Å². The number of halogens is 2. The molecule has 2 aromatic rings. The van der Waals surface area contributed by atoms with E-state index < -0.39 is 0 Å². The summed E-state index contributed by atoms with van der Waals surface area (Å²) in [4.78, 5) is 23.9. The van der Waals surface area contributed by atoms with Crippen molar-refractivity contribution in [2.24, 2.45) is 5.92 Å². The number of aromatic nitrogens is 2. The van der Waals surface area contributed by atoms with Crippen molar-refractivity contribution in [1.29, 1.82) is 0 Å². The molecule has 1 aliphatic carbocycles. The molecule has 160 valence electrons. The van der Waals surface area contributed by atoms with Gasteiger partial charge in [-0.3, -0.25) is 0 Å². The van der Waals surface area contributed by atoms with Crippen LogP contribution in [0.2, 0.25) is 10.0 Å². The van der Waals surface area contributed by atoms with Crippen LogP contribution < -0.4 is 5.32 Å². The molecule has 30 heavy (non-hydrogen) atoms. The second kappa shape index (κ2) is 9.08. The maximum Gasteiger partial charge on any atom is 0.318 e. The Kier molecular flexibility index (Phi) is 6.46. The maximum absolute atomic E-state index is 12.8. The highest BCUT2D eigenvalue weighted by Crippen LogP contribution is 2.28. The summed E-state index contributed by atoms with van der Waals surface area (Å²) in [6.07, 6.45) is 5.93. The molecular formula is C22H26Cl2N4O2. The van der Waals surface area contributed by atoms with Crippen molar-refractivity contribution in [3.63, 3.8) is 0 Å². The van der Waals surface area contributed by atoms with Crippen molar-refractivity contribution in [3.05, 3.63) is 57.1 Å². The molecule has 0 unspecified atom stereocenters. The number of urea groups is 1. The quantitative estimate of drug-likeness (QED) is 0.729. The van der Waals surface area contributed by atoms with E-state index in [-0.39, 0.29) is 18.2 Å². The first-order valence-electron chi connectivity index (χ1n) is 10.4. The fourth-order valence-corrected chi connectivity index (χ4v) is 4.56. The van der Waals surface area contributed by atoms with Gasteiger partial charge >= 0.3 is 6.03 Å². The number of rotatable bonds is 4. The normalized spacial score (nSPS) is 21.9. The van der Waals surface area contributed by atoms with Gasteiger partial charge in [0.05, 0.1) is 34.4 Å². The van der Waals surface area contributed by atoms with Crippen LogP contribution in [0.3, 0.4) is 0 Å². The summed E-state index contributed by atoms with van der Waals surface area (Å²) in [6.45, 7) is 3.02. The van der Waals surface area contributed by atoms with Gasteiger partial charge in [-0.2, -0.15) is 0 Å². The van der Waals surface area contributed by atoms with Crippen LogP contribution in [-0.2, 0) is 19.4 Å². The third-order valence-corrected chi connectivity index (χ3v) is 6.79. The molecule has 4 rings (SSSR count). The molecule has 0 spiro atoms. The minimum Gasteiger partial charge on any atom is -0.393 e. The molecule has 2 aliphatic rings. The van der Waals surface area contributed by atoms with Crippen LogP contribution in [-0.4, -0.2) is 38.7 Å². The Labute approximate surface area is 186 Å². The third-order valence-electron chi connectivity index (χ3n) is 6.05. The van der Waals surface area contributed by atoms with Gasteiger partial charge in [-0.15, -0.1) is 0 Å². The van der Waals surface area contributed by atoms with Crippen LogP contribution in [0.15, 0.2) is 24.4 Å². The summed E-state index contributed by atoms with van der Waals surface area (Å²) in [6, 6.07) is 5.06. The number of amides is 2. The van der Waals surface area contributed by atoms with E-state index in [1.54, 1.807) is 17.0 Å². The molecule has 2 N–H and O–H groups in total. The smallest absolute Gasteiger partial charge is 0.318 e. The zero-order valence-corrected chi connectivity index (χ0v) is 18.5. The van der Waals surface area contributed by atoms with E-state index in [0.29, 0.717) is 29.1 Å². The number of hydrogen-bond donors (Lipinski definition) is 2. The van der Waals surface area contributed by atoms with Crippen LogP contribution in [0.5, 0.6) is 0 Å². The summed E-state index contributed by atoms with van der Waals surface area (Å²) in [5, 5.41) is 13.7.